The van der Waals surface area contributed by atoms with Crippen LogP contribution in [-0.2, 0) is 6.54 Å². The molecule has 0 saturated carbocycles. The fourth-order valence-corrected chi connectivity index (χ4v) is 2.15. The summed E-state index contributed by atoms with van der Waals surface area (Å²) in [5.74, 6) is -0.130. The summed E-state index contributed by atoms with van der Waals surface area (Å²) in [6, 6.07) is 4.84. The van der Waals surface area contributed by atoms with Gasteiger partial charge in [-0.1, -0.05) is 0 Å². The zero-order valence-electron chi connectivity index (χ0n) is 8.74. The third-order valence-electron chi connectivity index (χ3n) is 2.16. The summed E-state index contributed by atoms with van der Waals surface area (Å²) in [4.78, 5) is 5.03. The number of aromatic nitrogens is 1. The van der Waals surface area contributed by atoms with E-state index in [1.54, 1.807) is 18.3 Å². The number of thiazole rings is 1. The molecule has 16 heavy (non-hydrogen) atoms. The van der Waals surface area contributed by atoms with Gasteiger partial charge in [0.2, 0.25) is 0 Å². The predicted octanol–water partition coefficient (Wildman–Crippen LogP) is 2.42. The minimum atomic E-state index is -0.373. The first-order valence-electron chi connectivity index (χ1n) is 4.73. The molecule has 1 aromatic heterocycles. The lowest BCUT2D eigenvalue weighted by Crippen LogP contribution is -1.93. The maximum Gasteiger partial charge on any atom is 0.165 e. The molecule has 3 nitrogen and oxygen atoms in total. The SMILES string of the molecule is COc1ccc(-c2cnc(CN)s2)cc1F. The Bertz CT molecular complexity index is 498. The molecular formula is C11H11FN2OS. The average Bonchev–Trinajstić information content (AvgIpc) is 2.77. The van der Waals surface area contributed by atoms with Crippen molar-refractivity contribution in [2.45, 2.75) is 6.54 Å². The van der Waals surface area contributed by atoms with Crippen molar-refractivity contribution < 1.29 is 9.13 Å². The number of nitrogens with zero attached hydrogens (tertiary/aromatic N) is 1. The Morgan fingerprint density at radius 2 is 2.31 bits per heavy atom. The Morgan fingerprint density at radius 1 is 1.50 bits per heavy atom. The van der Waals surface area contributed by atoms with Crippen molar-refractivity contribution in [3.63, 3.8) is 0 Å². The van der Waals surface area contributed by atoms with Gasteiger partial charge in [-0.3, -0.25) is 0 Å². The molecule has 0 atom stereocenters. The summed E-state index contributed by atoms with van der Waals surface area (Å²) < 4.78 is 18.3. The highest BCUT2D eigenvalue weighted by Gasteiger charge is 2.07. The second-order valence-corrected chi connectivity index (χ2v) is 4.29. The van der Waals surface area contributed by atoms with Crippen molar-refractivity contribution in [2.75, 3.05) is 7.11 Å². The topological polar surface area (TPSA) is 48.1 Å². The van der Waals surface area contributed by atoms with Crippen LogP contribution < -0.4 is 10.5 Å². The fourth-order valence-electron chi connectivity index (χ4n) is 1.36. The van der Waals surface area contributed by atoms with Crippen LogP contribution in [0.2, 0.25) is 0 Å². The number of nitrogens with two attached hydrogens (primary N) is 1. The molecule has 0 saturated heterocycles. The fraction of sp³-hybridized carbons (Fsp3) is 0.182. The van der Waals surface area contributed by atoms with E-state index in [1.165, 1.54) is 24.5 Å². The molecule has 84 valence electrons. The van der Waals surface area contributed by atoms with Crippen LogP contribution in [0.25, 0.3) is 10.4 Å². The van der Waals surface area contributed by atoms with Gasteiger partial charge in [-0.25, -0.2) is 9.37 Å². The molecule has 2 aromatic rings. The Balaban J connectivity index is 2.37. The van der Waals surface area contributed by atoms with Gasteiger partial charge in [0.15, 0.2) is 11.6 Å². The Hall–Kier alpha value is -1.46. The number of rotatable bonds is 3. The van der Waals surface area contributed by atoms with Gasteiger partial charge >= 0.3 is 0 Å². The summed E-state index contributed by atoms with van der Waals surface area (Å²) in [5.41, 5.74) is 6.26. The third kappa shape index (κ3) is 2.05. The van der Waals surface area contributed by atoms with Crippen LogP contribution in [0.15, 0.2) is 24.4 Å². The monoisotopic (exact) mass is 238 g/mol. The second-order valence-electron chi connectivity index (χ2n) is 3.17. The molecule has 1 aromatic carbocycles. The number of hydrogen-bond acceptors (Lipinski definition) is 4. The number of methoxy groups -OCH3 is 1. The molecule has 2 rings (SSSR count). The Kier molecular flexibility index (Phi) is 3.17. The minimum absolute atomic E-state index is 0.243. The maximum atomic E-state index is 13.5. The number of benzene rings is 1. The van der Waals surface area contributed by atoms with Crippen LogP contribution in [-0.4, -0.2) is 12.1 Å². The highest BCUT2D eigenvalue weighted by Crippen LogP contribution is 2.29. The largest absolute Gasteiger partial charge is 0.494 e. The first kappa shape index (κ1) is 11.0. The van der Waals surface area contributed by atoms with E-state index in [4.69, 9.17) is 10.5 Å². The molecule has 2 N–H and O–H groups in total. The van der Waals surface area contributed by atoms with Crippen LogP contribution in [0.3, 0.4) is 0 Å². The van der Waals surface area contributed by atoms with Crippen molar-refractivity contribution in [2.24, 2.45) is 5.73 Å². The molecule has 0 aliphatic heterocycles. The van der Waals surface area contributed by atoms with Crippen LogP contribution >= 0.6 is 11.3 Å². The average molecular weight is 238 g/mol. The zero-order chi connectivity index (χ0) is 11.5. The van der Waals surface area contributed by atoms with Gasteiger partial charge in [0.05, 0.1) is 12.0 Å². The number of halogens is 1. The smallest absolute Gasteiger partial charge is 0.165 e. The molecule has 5 heteroatoms. The van der Waals surface area contributed by atoms with Crippen molar-refractivity contribution >= 4 is 11.3 Å². The van der Waals surface area contributed by atoms with Crippen LogP contribution in [0.4, 0.5) is 4.39 Å². The molecular weight excluding hydrogens is 227 g/mol. The van der Waals surface area contributed by atoms with Crippen molar-refractivity contribution in [3.8, 4) is 16.2 Å². The van der Waals surface area contributed by atoms with E-state index in [2.05, 4.69) is 4.98 Å². The van der Waals surface area contributed by atoms with E-state index in [1.807, 2.05) is 0 Å². The van der Waals surface area contributed by atoms with Gasteiger partial charge in [0, 0.05) is 12.7 Å². The normalized spacial score (nSPS) is 10.4. The number of hydrogen-bond donors (Lipinski definition) is 1. The van der Waals surface area contributed by atoms with Crippen molar-refractivity contribution in [1.29, 1.82) is 0 Å². The van der Waals surface area contributed by atoms with Crippen molar-refractivity contribution in [3.05, 3.63) is 35.2 Å². The lowest BCUT2D eigenvalue weighted by atomic mass is 10.2. The maximum absolute atomic E-state index is 13.5. The lowest BCUT2D eigenvalue weighted by Gasteiger charge is -2.02. The highest BCUT2D eigenvalue weighted by molar-refractivity contribution is 7.15. The Labute approximate surface area is 96.7 Å². The molecule has 0 radical (unpaired) electrons. The minimum Gasteiger partial charge on any atom is -0.494 e. The van der Waals surface area contributed by atoms with E-state index in [9.17, 15) is 4.39 Å². The van der Waals surface area contributed by atoms with Crippen LogP contribution in [0, 0.1) is 5.82 Å². The van der Waals surface area contributed by atoms with Crippen molar-refractivity contribution in [1.82, 2.24) is 4.98 Å². The van der Waals surface area contributed by atoms with Gasteiger partial charge in [-0.2, -0.15) is 0 Å². The summed E-state index contributed by atoms with van der Waals surface area (Å²) in [7, 11) is 1.44. The standard InChI is InChI=1S/C11H11FN2OS/c1-15-9-3-2-7(4-8(9)12)10-6-14-11(5-13)16-10/h2-4,6H,5,13H2,1H3. The number of ether oxygens (including phenoxy) is 1. The van der Waals surface area contributed by atoms with Gasteiger partial charge in [0.25, 0.3) is 0 Å². The first-order chi connectivity index (χ1) is 7.74. The molecule has 0 unspecified atom stereocenters. The van der Waals surface area contributed by atoms with Gasteiger partial charge in [-0.05, 0) is 23.8 Å². The molecule has 1 heterocycles. The summed E-state index contributed by atoms with van der Waals surface area (Å²) in [6.07, 6.45) is 1.70. The van der Waals surface area contributed by atoms with E-state index in [-0.39, 0.29) is 11.6 Å². The molecule has 0 amide bonds. The summed E-state index contributed by atoms with van der Waals surface area (Å²) >= 11 is 1.46. The van der Waals surface area contributed by atoms with Gasteiger partial charge in [-0.15, -0.1) is 11.3 Å². The first-order valence-corrected chi connectivity index (χ1v) is 5.55. The zero-order valence-corrected chi connectivity index (χ0v) is 9.55. The van der Waals surface area contributed by atoms with Crippen LogP contribution in [0.1, 0.15) is 5.01 Å². The molecule has 0 spiro atoms. The summed E-state index contributed by atoms with van der Waals surface area (Å²) in [6.45, 7) is 0.406. The molecule has 0 aliphatic carbocycles. The van der Waals surface area contributed by atoms with Gasteiger partial charge in [0.1, 0.15) is 5.01 Å². The van der Waals surface area contributed by atoms with E-state index in [0.717, 1.165) is 15.4 Å². The molecule has 0 bridgehead atoms. The van der Waals surface area contributed by atoms with E-state index in [0.29, 0.717) is 6.54 Å². The highest BCUT2D eigenvalue weighted by atomic mass is 32.1. The van der Waals surface area contributed by atoms with E-state index < -0.39 is 0 Å². The van der Waals surface area contributed by atoms with E-state index >= 15 is 0 Å². The Morgan fingerprint density at radius 3 is 2.88 bits per heavy atom. The molecule has 0 fully saturated rings. The second kappa shape index (κ2) is 4.59. The lowest BCUT2D eigenvalue weighted by molar-refractivity contribution is 0.386. The van der Waals surface area contributed by atoms with Crippen LogP contribution in [0.5, 0.6) is 5.75 Å². The quantitative estimate of drug-likeness (QED) is 0.893. The van der Waals surface area contributed by atoms with Gasteiger partial charge < -0.3 is 10.5 Å². The third-order valence-corrected chi connectivity index (χ3v) is 3.23. The predicted molar refractivity (Wildman–Crippen MR) is 62.0 cm³/mol. The molecule has 0 aliphatic rings. The summed E-state index contributed by atoms with van der Waals surface area (Å²) in [5, 5.41) is 0.839.